The van der Waals surface area contributed by atoms with Crippen molar-refractivity contribution in [3.63, 3.8) is 0 Å². The van der Waals surface area contributed by atoms with Crippen molar-refractivity contribution < 1.29 is 5.11 Å². The molecule has 5 nitrogen and oxygen atoms in total. The largest absolute Gasteiger partial charge is 0.396 e. The highest BCUT2D eigenvalue weighted by Gasteiger charge is 2.08. The molecular weight excluding hydrogens is 300 g/mol. The van der Waals surface area contributed by atoms with Gasteiger partial charge in [-0.2, -0.15) is 0 Å². The summed E-state index contributed by atoms with van der Waals surface area (Å²) in [5.74, 6) is 1.33. The molecule has 0 aliphatic carbocycles. The molecule has 0 aliphatic heterocycles. The molecule has 3 N–H and O–H groups in total. The number of nitrogens with one attached hydrogen (secondary N) is 2. The standard InChI is InChI=1S/C19H34N4O/c1-5-8-16(11-12-24)14-21-19(20-6-2)22-15-17-9-7-10-18(13-17)23(3)4/h7,9-10,13,16,24H,5-6,8,11-12,14-15H2,1-4H3,(H2,20,21,22). The lowest BCUT2D eigenvalue weighted by molar-refractivity contribution is 0.251. The van der Waals surface area contributed by atoms with Crippen LogP contribution >= 0.6 is 0 Å². The summed E-state index contributed by atoms with van der Waals surface area (Å²) in [6.07, 6.45) is 3.10. The van der Waals surface area contributed by atoms with Crippen LogP contribution in [0.2, 0.25) is 0 Å². The summed E-state index contributed by atoms with van der Waals surface area (Å²) < 4.78 is 0. The lowest BCUT2D eigenvalue weighted by atomic mass is 10.0. The van der Waals surface area contributed by atoms with Crippen LogP contribution in [0.15, 0.2) is 29.3 Å². The number of aliphatic hydroxyl groups is 1. The van der Waals surface area contributed by atoms with Gasteiger partial charge < -0.3 is 20.6 Å². The summed E-state index contributed by atoms with van der Waals surface area (Å²) >= 11 is 0. The van der Waals surface area contributed by atoms with E-state index in [9.17, 15) is 5.11 Å². The highest BCUT2D eigenvalue weighted by Crippen LogP contribution is 2.14. The van der Waals surface area contributed by atoms with Gasteiger partial charge in [0.05, 0.1) is 6.54 Å². The Balaban J connectivity index is 2.65. The first-order valence-corrected chi connectivity index (χ1v) is 9.00. The molecular formula is C19H34N4O. The molecule has 1 atom stereocenters. The Morgan fingerprint density at radius 1 is 1.21 bits per heavy atom. The molecule has 0 bridgehead atoms. The van der Waals surface area contributed by atoms with Gasteiger partial charge >= 0.3 is 0 Å². The van der Waals surface area contributed by atoms with E-state index in [4.69, 9.17) is 0 Å². The number of anilines is 1. The van der Waals surface area contributed by atoms with E-state index in [1.807, 2.05) is 14.1 Å². The smallest absolute Gasteiger partial charge is 0.191 e. The fourth-order valence-corrected chi connectivity index (χ4v) is 2.63. The number of nitrogens with zero attached hydrogens (tertiary/aromatic N) is 2. The lowest BCUT2D eigenvalue weighted by Gasteiger charge is -2.18. The molecule has 0 heterocycles. The molecule has 0 aliphatic rings. The van der Waals surface area contributed by atoms with Crippen molar-refractivity contribution in [1.82, 2.24) is 10.6 Å². The van der Waals surface area contributed by atoms with E-state index in [-0.39, 0.29) is 6.61 Å². The highest BCUT2D eigenvalue weighted by molar-refractivity contribution is 5.79. The Morgan fingerprint density at radius 3 is 2.62 bits per heavy atom. The predicted molar refractivity (Wildman–Crippen MR) is 104 cm³/mol. The number of hydrogen-bond acceptors (Lipinski definition) is 3. The van der Waals surface area contributed by atoms with Gasteiger partial charge in [0.1, 0.15) is 0 Å². The normalized spacial score (nSPS) is 12.8. The van der Waals surface area contributed by atoms with E-state index in [1.165, 1.54) is 11.3 Å². The molecule has 0 aromatic heterocycles. The van der Waals surface area contributed by atoms with E-state index in [2.05, 4.69) is 58.6 Å². The molecule has 1 rings (SSSR count). The van der Waals surface area contributed by atoms with Crippen LogP contribution in [0.25, 0.3) is 0 Å². The van der Waals surface area contributed by atoms with E-state index >= 15 is 0 Å². The second-order valence-corrected chi connectivity index (χ2v) is 6.31. The minimum absolute atomic E-state index is 0.247. The third-order valence-corrected chi connectivity index (χ3v) is 3.98. The second-order valence-electron chi connectivity index (χ2n) is 6.31. The molecule has 136 valence electrons. The summed E-state index contributed by atoms with van der Waals surface area (Å²) in [5.41, 5.74) is 2.38. The van der Waals surface area contributed by atoms with Gasteiger partial charge in [-0.05, 0) is 43.4 Å². The van der Waals surface area contributed by atoms with Crippen LogP contribution in [0.3, 0.4) is 0 Å². The Morgan fingerprint density at radius 2 is 2.00 bits per heavy atom. The van der Waals surface area contributed by atoms with Gasteiger partial charge in [-0.1, -0.05) is 25.5 Å². The van der Waals surface area contributed by atoms with Crippen molar-refractivity contribution in [3.05, 3.63) is 29.8 Å². The molecule has 0 radical (unpaired) electrons. The summed E-state index contributed by atoms with van der Waals surface area (Å²) in [6, 6.07) is 8.43. The van der Waals surface area contributed by atoms with Gasteiger partial charge in [-0.15, -0.1) is 0 Å². The highest BCUT2D eigenvalue weighted by atomic mass is 16.3. The number of rotatable bonds is 10. The van der Waals surface area contributed by atoms with Crippen LogP contribution in [-0.2, 0) is 6.54 Å². The second kappa shape index (κ2) is 11.7. The Labute approximate surface area is 147 Å². The van der Waals surface area contributed by atoms with E-state index < -0.39 is 0 Å². The number of hydrogen-bond donors (Lipinski definition) is 3. The predicted octanol–water partition coefficient (Wildman–Crippen LogP) is 2.61. The maximum Gasteiger partial charge on any atom is 0.191 e. The summed E-state index contributed by atoms with van der Waals surface area (Å²) in [4.78, 5) is 6.79. The van der Waals surface area contributed by atoms with Crippen molar-refractivity contribution in [2.24, 2.45) is 10.9 Å². The van der Waals surface area contributed by atoms with Gasteiger partial charge in [0, 0.05) is 39.5 Å². The molecule has 0 saturated carbocycles. The van der Waals surface area contributed by atoms with Gasteiger partial charge in [-0.25, -0.2) is 4.99 Å². The zero-order chi connectivity index (χ0) is 17.8. The van der Waals surface area contributed by atoms with Crippen LogP contribution in [-0.4, -0.2) is 44.9 Å². The molecule has 1 unspecified atom stereocenters. The molecule has 0 fully saturated rings. The first-order chi connectivity index (χ1) is 11.6. The number of aliphatic imine (C=N–C) groups is 1. The quantitative estimate of drug-likeness (QED) is 0.455. The average Bonchev–Trinajstić information content (AvgIpc) is 2.57. The Kier molecular flexibility index (Phi) is 9.92. The molecule has 0 spiro atoms. The number of aliphatic hydroxyl groups excluding tert-OH is 1. The third kappa shape index (κ3) is 7.68. The average molecular weight is 335 g/mol. The van der Waals surface area contributed by atoms with E-state index in [0.29, 0.717) is 12.5 Å². The third-order valence-electron chi connectivity index (χ3n) is 3.98. The van der Waals surface area contributed by atoms with Crippen molar-refractivity contribution >= 4 is 11.6 Å². The van der Waals surface area contributed by atoms with Gasteiger partial charge in [0.25, 0.3) is 0 Å². The van der Waals surface area contributed by atoms with E-state index in [0.717, 1.165) is 38.3 Å². The summed E-state index contributed by atoms with van der Waals surface area (Å²) in [6.45, 7) is 6.83. The molecule has 24 heavy (non-hydrogen) atoms. The van der Waals surface area contributed by atoms with Gasteiger partial charge in [-0.3, -0.25) is 0 Å². The zero-order valence-electron chi connectivity index (χ0n) is 15.7. The van der Waals surface area contributed by atoms with Crippen molar-refractivity contribution in [2.75, 3.05) is 38.7 Å². The minimum atomic E-state index is 0.247. The monoisotopic (exact) mass is 334 g/mol. The maximum atomic E-state index is 9.18. The van der Waals surface area contributed by atoms with Crippen molar-refractivity contribution in [1.29, 1.82) is 0 Å². The molecule has 0 amide bonds. The van der Waals surface area contributed by atoms with Crippen molar-refractivity contribution in [3.8, 4) is 0 Å². The molecule has 0 saturated heterocycles. The fraction of sp³-hybridized carbons (Fsp3) is 0.632. The minimum Gasteiger partial charge on any atom is -0.396 e. The number of benzene rings is 1. The SMILES string of the molecule is CCCC(CCO)CNC(=NCc1cccc(N(C)C)c1)NCC. The molecule has 1 aromatic carbocycles. The zero-order valence-corrected chi connectivity index (χ0v) is 15.7. The van der Waals surface area contributed by atoms with E-state index in [1.54, 1.807) is 0 Å². The first-order valence-electron chi connectivity index (χ1n) is 9.00. The molecule has 5 heteroatoms. The first kappa shape index (κ1) is 20.3. The Bertz CT molecular complexity index is 482. The maximum absolute atomic E-state index is 9.18. The molecule has 1 aromatic rings. The fourth-order valence-electron chi connectivity index (χ4n) is 2.63. The van der Waals surface area contributed by atoms with Crippen LogP contribution in [0.4, 0.5) is 5.69 Å². The topological polar surface area (TPSA) is 59.9 Å². The lowest BCUT2D eigenvalue weighted by Crippen LogP contribution is -2.40. The Hall–Kier alpha value is -1.75. The van der Waals surface area contributed by atoms with Crippen LogP contribution in [0.5, 0.6) is 0 Å². The van der Waals surface area contributed by atoms with Crippen molar-refractivity contribution in [2.45, 2.75) is 39.7 Å². The summed E-state index contributed by atoms with van der Waals surface area (Å²) in [5, 5.41) is 15.9. The van der Waals surface area contributed by atoms with Crippen LogP contribution < -0.4 is 15.5 Å². The van der Waals surface area contributed by atoms with Gasteiger partial charge in [0.15, 0.2) is 5.96 Å². The van der Waals surface area contributed by atoms with Crippen LogP contribution in [0, 0.1) is 5.92 Å². The summed E-state index contributed by atoms with van der Waals surface area (Å²) in [7, 11) is 4.09. The number of guanidine groups is 1. The van der Waals surface area contributed by atoms with Gasteiger partial charge in [0.2, 0.25) is 0 Å². The van der Waals surface area contributed by atoms with Crippen LogP contribution in [0.1, 0.15) is 38.7 Å².